The van der Waals surface area contributed by atoms with E-state index in [1.54, 1.807) is 16.7 Å². The highest BCUT2D eigenvalue weighted by atomic mass is 16.5. The molecule has 5 rings (SSSR count). The van der Waals surface area contributed by atoms with Crippen LogP contribution in [0.2, 0.25) is 0 Å². The summed E-state index contributed by atoms with van der Waals surface area (Å²) < 4.78 is 7.15. The Labute approximate surface area is 218 Å². The average Bonchev–Trinajstić information content (AvgIpc) is 3.36. The molecule has 7 nitrogen and oxygen atoms in total. The molecule has 0 bridgehead atoms. The molecule has 1 aliphatic heterocycles. The van der Waals surface area contributed by atoms with Crippen LogP contribution in [0.4, 0.5) is 0 Å². The molecule has 1 aromatic heterocycles. The minimum absolute atomic E-state index is 0.160. The van der Waals surface area contributed by atoms with Crippen molar-refractivity contribution in [2.75, 3.05) is 13.7 Å². The third-order valence-corrected chi connectivity index (χ3v) is 7.53. The summed E-state index contributed by atoms with van der Waals surface area (Å²) in [4.78, 5) is 29.4. The van der Waals surface area contributed by atoms with Gasteiger partial charge in [-0.2, -0.15) is 5.10 Å². The largest absolute Gasteiger partial charge is 0.496 e. The second-order valence-corrected chi connectivity index (χ2v) is 10.0. The maximum atomic E-state index is 13.9. The lowest BCUT2D eigenvalue weighted by Crippen LogP contribution is -2.64. The van der Waals surface area contributed by atoms with E-state index < -0.39 is 5.54 Å². The molecule has 0 fully saturated rings. The van der Waals surface area contributed by atoms with Gasteiger partial charge in [-0.1, -0.05) is 60.2 Å². The molecule has 0 radical (unpaired) electrons. The topological polar surface area (TPSA) is 76.5 Å². The van der Waals surface area contributed by atoms with Crippen molar-refractivity contribution < 1.29 is 14.3 Å². The zero-order chi connectivity index (χ0) is 25.8. The van der Waals surface area contributed by atoms with Gasteiger partial charge in [0.05, 0.1) is 19.3 Å². The number of benzene rings is 2. The van der Waals surface area contributed by atoms with Crippen molar-refractivity contribution in [3.63, 3.8) is 0 Å². The average molecular weight is 499 g/mol. The third-order valence-electron chi connectivity index (χ3n) is 7.53. The molecular weight excluding hydrogens is 464 g/mol. The quantitative estimate of drug-likeness (QED) is 0.445. The van der Waals surface area contributed by atoms with Crippen molar-refractivity contribution in [1.29, 1.82) is 0 Å². The Balaban J connectivity index is 1.44. The fraction of sp³-hybridized carbons (Fsp3) is 0.367. The minimum Gasteiger partial charge on any atom is -0.496 e. The van der Waals surface area contributed by atoms with E-state index in [0.29, 0.717) is 18.8 Å². The number of aromatic nitrogens is 2. The highest BCUT2D eigenvalue weighted by molar-refractivity contribution is 6.00. The van der Waals surface area contributed by atoms with Crippen LogP contribution in [-0.2, 0) is 17.9 Å². The van der Waals surface area contributed by atoms with Gasteiger partial charge in [-0.3, -0.25) is 14.3 Å². The van der Waals surface area contributed by atoms with E-state index in [9.17, 15) is 9.59 Å². The Bertz CT molecular complexity index is 1310. The van der Waals surface area contributed by atoms with E-state index in [2.05, 4.69) is 11.4 Å². The SMILES string of the molecule is COc1ccccc1CNC(=O)[C@]1(C)Cn2nc(-c3ccccc3)cc2C(=O)N1CCC1=CCCCC1. The van der Waals surface area contributed by atoms with Gasteiger partial charge in [0, 0.05) is 24.2 Å². The molecule has 192 valence electrons. The van der Waals surface area contributed by atoms with E-state index in [0.717, 1.165) is 41.8 Å². The number of hydrogen-bond donors (Lipinski definition) is 1. The summed E-state index contributed by atoms with van der Waals surface area (Å²) in [6, 6.07) is 19.3. The molecule has 3 aromatic rings. The van der Waals surface area contributed by atoms with Crippen molar-refractivity contribution in [2.24, 2.45) is 0 Å². The lowest BCUT2D eigenvalue weighted by atomic mass is 9.92. The Morgan fingerprint density at radius 2 is 1.89 bits per heavy atom. The lowest BCUT2D eigenvalue weighted by molar-refractivity contribution is -0.133. The van der Waals surface area contributed by atoms with Crippen LogP contribution in [0, 0.1) is 0 Å². The third kappa shape index (κ3) is 5.03. The summed E-state index contributed by atoms with van der Waals surface area (Å²) in [6.07, 6.45) is 7.64. The highest BCUT2D eigenvalue weighted by Gasteiger charge is 2.47. The number of carbonyl (C=O) groups excluding carboxylic acids is 2. The van der Waals surface area contributed by atoms with Gasteiger partial charge in [-0.15, -0.1) is 0 Å². The number of nitrogens with one attached hydrogen (secondary N) is 1. The van der Waals surface area contributed by atoms with Gasteiger partial charge >= 0.3 is 0 Å². The highest BCUT2D eigenvalue weighted by Crippen LogP contribution is 2.32. The molecule has 0 saturated heterocycles. The molecule has 1 aliphatic carbocycles. The van der Waals surface area contributed by atoms with Gasteiger partial charge in [-0.05, 0) is 51.2 Å². The first-order valence-electron chi connectivity index (χ1n) is 13.0. The Kier molecular flexibility index (Phi) is 7.12. The minimum atomic E-state index is -1.08. The molecule has 1 atom stereocenters. The van der Waals surface area contributed by atoms with Crippen LogP contribution < -0.4 is 10.1 Å². The number of fused-ring (bicyclic) bond motifs is 1. The summed E-state index contributed by atoms with van der Waals surface area (Å²) in [5.41, 5.74) is 3.37. The molecule has 0 unspecified atom stereocenters. The van der Waals surface area contributed by atoms with Crippen molar-refractivity contribution in [2.45, 2.75) is 57.7 Å². The van der Waals surface area contributed by atoms with Crippen LogP contribution >= 0.6 is 0 Å². The first kappa shape index (κ1) is 24.8. The van der Waals surface area contributed by atoms with Crippen LogP contribution in [-0.4, -0.2) is 45.7 Å². The molecule has 1 N–H and O–H groups in total. The monoisotopic (exact) mass is 498 g/mol. The summed E-state index contributed by atoms with van der Waals surface area (Å²) in [6.45, 7) is 2.95. The van der Waals surface area contributed by atoms with Crippen LogP contribution in [0.15, 0.2) is 72.3 Å². The molecular formula is C30H34N4O3. The number of methoxy groups -OCH3 is 1. The second-order valence-electron chi connectivity index (χ2n) is 10.0. The van der Waals surface area contributed by atoms with E-state index in [-0.39, 0.29) is 18.4 Å². The molecule has 37 heavy (non-hydrogen) atoms. The first-order chi connectivity index (χ1) is 18.0. The first-order valence-corrected chi connectivity index (χ1v) is 13.0. The zero-order valence-corrected chi connectivity index (χ0v) is 21.6. The van der Waals surface area contributed by atoms with E-state index in [1.807, 2.05) is 67.6 Å². The molecule has 0 spiro atoms. The summed E-state index contributed by atoms with van der Waals surface area (Å²) in [7, 11) is 1.62. The molecule has 0 saturated carbocycles. The van der Waals surface area contributed by atoms with E-state index >= 15 is 0 Å². The lowest BCUT2D eigenvalue weighted by Gasteiger charge is -2.43. The van der Waals surface area contributed by atoms with Crippen LogP contribution in [0.5, 0.6) is 5.75 Å². The van der Waals surface area contributed by atoms with Crippen molar-refractivity contribution >= 4 is 11.8 Å². The molecule has 2 amide bonds. The molecule has 2 aromatic carbocycles. The summed E-state index contributed by atoms with van der Waals surface area (Å²) >= 11 is 0. The fourth-order valence-electron chi connectivity index (χ4n) is 5.34. The van der Waals surface area contributed by atoms with E-state index in [4.69, 9.17) is 9.84 Å². The van der Waals surface area contributed by atoms with Gasteiger partial charge in [0.15, 0.2) is 0 Å². The number of hydrogen-bond acceptors (Lipinski definition) is 4. The van der Waals surface area contributed by atoms with E-state index in [1.165, 1.54) is 18.4 Å². The number of carbonyl (C=O) groups is 2. The predicted octanol–water partition coefficient (Wildman–Crippen LogP) is 4.98. The van der Waals surface area contributed by atoms with Gasteiger partial charge in [0.25, 0.3) is 5.91 Å². The number of nitrogens with zero attached hydrogens (tertiary/aromatic N) is 3. The van der Waals surface area contributed by atoms with Crippen molar-refractivity contribution in [3.8, 4) is 17.0 Å². The molecule has 2 aliphatic rings. The summed E-state index contributed by atoms with van der Waals surface area (Å²) in [5.74, 6) is 0.356. The number of amides is 2. The Hall–Kier alpha value is -3.87. The van der Waals surface area contributed by atoms with Gasteiger partial charge in [0.1, 0.15) is 17.0 Å². The van der Waals surface area contributed by atoms with Crippen LogP contribution in [0.25, 0.3) is 11.3 Å². The van der Waals surface area contributed by atoms with Crippen molar-refractivity contribution in [3.05, 3.63) is 83.6 Å². The van der Waals surface area contributed by atoms with Gasteiger partial charge in [-0.25, -0.2) is 0 Å². The second kappa shape index (κ2) is 10.6. The smallest absolute Gasteiger partial charge is 0.273 e. The van der Waals surface area contributed by atoms with Gasteiger partial charge < -0.3 is 15.0 Å². The normalized spacial score (nSPS) is 19.2. The number of ether oxygens (including phenoxy) is 1. The molecule has 2 heterocycles. The van der Waals surface area contributed by atoms with Crippen molar-refractivity contribution in [1.82, 2.24) is 20.0 Å². The Morgan fingerprint density at radius 1 is 1.11 bits per heavy atom. The zero-order valence-electron chi connectivity index (χ0n) is 21.6. The summed E-state index contributed by atoms with van der Waals surface area (Å²) in [5, 5.41) is 7.81. The number of para-hydroxylation sites is 1. The Morgan fingerprint density at radius 3 is 2.65 bits per heavy atom. The van der Waals surface area contributed by atoms with Gasteiger partial charge in [0.2, 0.25) is 5.91 Å². The number of allylic oxidation sites excluding steroid dienone is 1. The standard InChI is InChI=1S/C30H34N4O3/c1-30(29(36)31-20-24-15-9-10-16-27(24)37-2)21-34-26(19-25(32-34)23-13-7-4-8-14-23)28(35)33(30)18-17-22-11-5-3-6-12-22/h4,7-11,13-16,19H,3,5-6,12,17-18,20-21H2,1-2H3,(H,31,36)/t30-/m0/s1. The predicted molar refractivity (Wildman–Crippen MR) is 143 cm³/mol. The maximum absolute atomic E-state index is 13.9. The van der Waals surface area contributed by atoms with Crippen LogP contribution in [0.1, 0.15) is 55.1 Å². The fourth-order valence-corrected chi connectivity index (χ4v) is 5.34. The molecule has 7 heteroatoms. The van der Waals surface area contributed by atoms with Crippen LogP contribution in [0.3, 0.4) is 0 Å². The number of rotatable bonds is 8. The maximum Gasteiger partial charge on any atom is 0.273 e.